The Hall–Kier alpha value is -3.00. The number of nitrogens with one attached hydrogen (secondary N) is 2. The lowest BCUT2D eigenvalue weighted by molar-refractivity contribution is -0.606. The Kier molecular flexibility index (Phi) is 4.13. The number of nitrogens with two attached hydrogens (primary N) is 2. The minimum atomic E-state index is 0.269. The average molecular weight is 326 g/mol. The molecule has 6 N–H and O–H groups in total. The molecule has 0 aliphatic heterocycles. The van der Waals surface area contributed by atoms with E-state index in [2.05, 4.69) is 20.4 Å². The first-order valence-electron chi connectivity index (χ1n) is 7.63. The molecule has 0 bridgehead atoms. The molecule has 3 aromatic rings. The van der Waals surface area contributed by atoms with E-state index in [-0.39, 0.29) is 11.8 Å². The Morgan fingerprint density at radius 2 is 2.12 bits per heavy atom. The van der Waals surface area contributed by atoms with Crippen molar-refractivity contribution >= 4 is 34.1 Å². The quantitative estimate of drug-likeness (QED) is 0.522. The summed E-state index contributed by atoms with van der Waals surface area (Å²) < 4.78 is 5.24. The van der Waals surface area contributed by atoms with Gasteiger partial charge in [-0.25, -0.2) is 4.98 Å². The molecule has 24 heavy (non-hydrogen) atoms. The standard InChI is InChI=1S/C16H19N7O/c1-8(2)22-16-12(14(18)20-7-21-16)13(17)9-4-5-11-10(6-9)15(19-3)23-24-11/h4-8,17H,1-3H3,(H,19,23)(H3,18,20,21,22)/p+1. The van der Waals surface area contributed by atoms with Gasteiger partial charge in [-0.2, -0.15) is 4.98 Å². The molecule has 0 aliphatic rings. The average Bonchev–Trinajstić information content (AvgIpc) is 2.96. The predicted octanol–water partition coefficient (Wildman–Crippen LogP) is 1.26. The summed E-state index contributed by atoms with van der Waals surface area (Å²) in [5.74, 6) is 1.59. The fourth-order valence-electron chi connectivity index (χ4n) is 2.53. The molecule has 124 valence electrons. The lowest BCUT2D eigenvalue weighted by Gasteiger charge is -2.11. The molecule has 0 spiro atoms. The van der Waals surface area contributed by atoms with Gasteiger partial charge in [0, 0.05) is 12.6 Å². The summed E-state index contributed by atoms with van der Waals surface area (Å²) in [6.45, 7) is 4.10. The highest BCUT2D eigenvalue weighted by atomic mass is 16.5. The first-order chi connectivity index (χ1) is 11.5. The van der Waals surface area contributed by atoms with Crippen LogP contribution in [0.25, 0.3) is 11.0 Å². The van der Waals surface area contributed by atoms with E-state index in [1.165, 1.54) is 6.33 Å². The molecule has 8 heteroatoms. The Morgan fingerprint density at radius 1 is 1.33 bits per heavy atom. The first kappa shape index (κ1) is 15.9. The van der Waals surface area contributed by atoms with Crippen molar-refractivity contribution in [2.75, 3.05) is 18.1 Å². The van der Waals surface area contributed by atoms with Crippen LogP contribution in [0.15, 0.2) is 29.0 Å². The first-order valence-corrected chi connectivity index (χ1v) is 7.63. The maximum Gasteiger partial charge on any atom is 0.239 e. The highest BCUT2D eigenvalue weighted by Gasteiger charge is 2.21. The zero-order chi connectivity index (χ0) is 17.3. The minimum Gasteiger partial charge on any atom is -0.383 e. The molecule has 0 unspecified atom stereocenters. The fourth-order valence-corrected chi connectivity index (χ4v) is 2.53. The normalized spacial score (nSPS) is 11.2. The van der Waals surface area contributed by atoms with Crippen molar-refractivity contribution < 1.29 is 9.84 Å². The summed E-state index contributed by atoms with van der Waals surface area (Å²) >= 11 is 0. The van der Waals surface area contributed by atoms with E-state index < -0.39 is 0 Å². The molecular formula is C16H20N7O+. The summed E-state index contributed by atoms with van der Waals surface area (Å²) in [5.41, 5.74) is 8.18. The Balaban J connectivity index is 2.09. The number of hydrogen-bond acceptors (Lipinski definition) is 7. The largest absolute Gasteiger partial charge is 0.383 e. The summed E-state index contributed by atoms with van der Waals surface area (Å²) in [6.07, 6.45) is 1.42. The van der Waals surface area contributed by atoms with Crippen molar-refractivity contribution in [1.29, 1.82) is 5.41 Å². The van der Waals surface area contributed by atoms with Crippen LogP contribution in [0.3, 0.4) is 0 Å². The SMILES string of the molecule is CNc1noc2ccc(C(=N)c3c(N)ncnc3[NH2+]C(C)C)cc12. The van der Waals surface area contributed by atoms with Crippen LogP contribution in [0.2, 0.25) is 0 Å². The maximum atomic E-state index is 8.60. The molecule has 1 aromatic carbocycles. The fraction of sp³-hybridized carbons (Fsp3) is 0.250. The topological polar surface area (TPSA) is 130 Å². The van der Waals surface area contributed by atoms with E-state index in [0.29, 0.717) is 34.2 Å². The smallest absolute Gasteiger partial charge is 0.239 e. The number of nitrogen functional groups attached to an aromatic ring is 1. The Labute approximate surface area is 139 Å². The lowest BCUT2D eigenvalue weighted by Crippen LogP contribution is -2.83. The molecule has 2 aromatic heterocycles. The van der Waals surface area contributed by atoms with Gasteiger partial charge in [-0.05, 0) is 32.0 Å². The van der Waals surface area contributed by atoms with E-state index in [4.69, 9.17) is 15.7 Å². The van der Waals surface area contributed by atoms with E-state index in [9.17, 15) is 0 Å². The Morgan fingerprint density at radius 3 is 2.83 bits per heavy atom. The summed E-state index contributed by atoms with van der Waals surface area (Å²) in [7, 11) is 1.77. The van der Waals surface area contributed by atoms with Crippen LogP contribution in [-0.4, -0.2) is 33.9 Å². The number of benzene rings is 1. The van der Waals surface area contributed by atoms with Crippen LogP contribution in [0, 0.1) is 5.41 Å². The van der Waals surface area contributed by atoms with Crippen molar-refractivity contribution in [1.82, 2.24) is 15.1 Å². The van der Waals surface area contributed by atoms with Crippen molar-refractivity contribution in [2.24, 2.45) is 0 Å². The molecule has 0 aliphatic carbocycles. The van der Waals surface area contributed by atoms with Gasteiger partial charge in [0.1, 0.15) is 17.7 Å². The van der Waals surface area contributed by atoms with Crippen LogP contribution in [-0.2, 0) is 0 Å². The third-order valence-electron chi connectivity index (χ3n) is 3.64. The third kappa shape index (κ3) is 2.79. The monoisotopic (exact) mass is 326 g/mol. The second-order valence-electron chi connectivity index (χ2n) is 5.80. The number of fused-ring (bicyclic) bond motifs is 1. The molecule has 2 heterocycles. The van der Waals surface area contributed by atoms with Gasteiger partial charge in [0.15, 0.2) is 11.4 Å². The zero-order valence-electron chi connectivity index (χ0n) is 13.8. The van der Waals surface area contributed by atoms with E-state index in [0.717, 1.165) is 5.39 Å². The molecule has 0 radical (unpaired) electrons. The van der Waals surface area contributed by atoms with Crippen molar-refractivity contribution in [3.63, 3.8) is 0 Å². The van der Waals surface area contributed by atoms with Gasteiger partial charge in [-0.1, -0.05) is 5.16 Å². The van der Waals surface area contributed by atoms with Crippen LogP contribution < -0.4 is 16.4 Å². The number of nitrogens with zero attached hydrogens (tertiary/aromatic N) is 3. The van der Waals surface area contributed by atoms with E-state index >= 15 is 0 Å². The second kappa shape index (κ2) is 6.25. The lowest BCUT2D eigenvalue weighted by atomic mass is 10.0. The van der Waals surface area contributed by atoms with Gasteiger partial charge in [0.25, 0.3) is 0 Å². The molecule has 3 rings (SSSR count). The van der Waals surface area contributed by atoms with Gasteiger partial charge in [0.05, 0.1) is 17.1 Å². The number of quaternary nitrogens is 1. The van der Waals surface area contributed by atoms with E-state index in [1.54, 1.807) is 19.2 Å². The van der Waals surface area contributed by atoms with Crippen LogP contribution in [0.5, 0.6) is 0 Å². The molecule has 8 nitrogen and oxygen atoms in total. The van der Waals surface area contributed by atoms with Gasteiger partial charge < -0.3 is 15.6 Å². The van der Waals surface area contributed by atoms with Crippen molar-refractivity contribution in [2.45, 2.75) is 19.9 Å². The number of anilines is 2. The van der Waals surface area contributed by atoms with Crippen LogP contribution in [0.4, 0.5) is 17.5 Å². The highest BCUT2D eigenvalue weighted by molar-refractivity contribution is 6.16. The maximum absolute atomic E-state index is 8.60. The number of aromatic nitrogens is 3. The predicted molar refractivity (Wildman–Crippen MR) is 92.7 cm³/mol. The molecule has 0 fully saturated rings. The summed E-state index contributed by atoms with van der Waals surface area (Å²) in [6, 6.07) is 5.73. The van der Waals surface area contributed by atoms with Gasteiger partial charge >= 0.3 is 0 Å². The molecule has 0 saturated carbocycles. The number of hydrogen-bond donors (Lipinski definition) is 4. The van der Waals surface area contributed by atoms with Crippen LogP contribution >= 0.6 is 0 Å². The summed E-state index contributed by atoms with van der Waals surface area (Å²) in [5, 5.41) is 18.3. The molecule has 0 saturated heterocycles. The minimum absolute atomic E-state index is 0.269. The van der Waals surface area contributed by atoms with Gasteiger partial charge in [-0.15, -0.1) is 0 Å². The zero-order valence-corrected chi connectivity index (χ0v) is 13.8. The highest BCUT2D eigenvalue weighted by Crippen LogP contribution is 2.26. The summed E-state index contributed by atoms with van der Waals surface area (Å²) in [4.78, 5) is 8.32. The van der Waals surface area contributed by atoms with Crippen molar-refractivity contribution in [3.05, 3.63) is 35.7 Å². The molecule has 0 atom stereocenters. The van der Waals surface area contributed by atoms with Gasteiger partial charge in [-0.3, -0.25) is 10.7 Å². The van der Waals surface area contributed by atoms with Crippen LogP contribution in [0.1, 0.15) is 25.0 Å². The van der Waals surface area contributed by atoms with E-state index in [1.807, 2.05) is 25.2 Å². The Bertz CT molecular complexity index is 901. The second-order valence-corrected chi connectivity index (χ2v) is 5.80. The molecular weight excluding hydrogens is 306 g/mol. The molecule has 0 amide bonds. The number of rotatable bonds is 5. The van der Waals surface area contributed by atoms with Gasteiger partial charge in [0.2, 0.25) is 5.82 Å². The third-order valence-corrected chi connectivity index (χ3v) is 3.64. The van der Waals surface area contributed by atoms with Crippen molar-refractivity contribution in [3.8, 4) is 0 Å².